The molecule has 2 rings (SSSR count). The lowest BCUT2D eigenvalue weighted by molar-refractivity contribution is -0.125. The summed E-state index contributed by atoms with van der Waals surface area (Å²) in [6, 6.07) is 17.5. The van der Waals surface area contributed by atoms with Crippen LogP contribution in [0.5, 0.6) is 5.75 Å². The van der Waals surface area contributed by atoms with Crippen LogP contribution in [-0.2, 0) is 4.79 Å². The minimum Gasteiger partial charge on any atom is -0.494 e. The summed E-state index contributed by atoms with van der Waals surface area (Å²) >= 11 is 0. The molecule has 26 heavy (non-hydrogen) atoms. The van der Waals surface area contributed by atoms with Gasteiger partial charge in [0.05, 0.1) is 12.5 Å². The van der Waals surface area contributed by atoms with Crippen molar-refractivity contribution < 1.29 is 9.53 Å². The first-order chi connectivity index (χ1) is 12.1. The molecule has 0 aliphatic heterocycles. The third-order valence-electron chi connectivity index (χ3n) is 4.30. The van der Waals surface area contributed by atoms with E-state index < -0.39 is 0 Å². The average molecular weight is 377 g/mol. The van der Waals surface area contributed by atoms with Crippen molar-refractivity contribution in [3.05, 3.63) is 65.7 Å². The molecule has 0 heterocycles. The Kier molecular flexibility index (Phi) is 9.78. The Hall–Kier alpha value is -2.04. The van der Waals surface area contributed by atoms with Crippen molar-refractivity contribution in [1.29, 1.82) is 0 Å². The highest BCUT2D eigenvalue weighted by Crippen LogP contribution is 2.19. The number of nitrogens with two attached hydrogens (primary N) is 1. The third-order valence-corrected chi connectivity index (χ3v) is 4.30. The summed E-state index contributed by atoms with van der Waals surface area (Å²) in [5.74, 6) is 0.624. The van der Waals surface area contributed by atoms with Gasteiger partial charge in [-0.1, -0.05) is 55.0 Å². The molecule has 142 valence electrons. The zero-order valence-electron chi connectivity index (χ0n) is 15.5. The lowest BCUT2D eigenvalue weighted by Crippen LogP contribution is -2.36. The van der Waals surface area contributed by atoms with E-state index >= 15 is 0 Å². The van der Waals surface area contributed by atoms with Crippen LogP contribution in [0.15, 0.2) is 54.6 Å². The Morgan fingerprint density at radius 2 is 1.73 bits per heavy atom. The lowest BCUT2D eigenvalue weighted by atomic mass is 9.94. The van der Waals surface area contributed by atoms with Crippen LogP contribution in [0.2, 0.25) is 0 Å². The van der Waals surface area contributed by atoms with Gasteiger partial charge in [0.1, 0.15) is 5.75 Å². The zero-order valence-corrected chi connectivity index (χ0v) is 16.3. The second-order valence-corrected chi connectivity index (χ2v) is 6.38. The van der Waals surface area contributed by atoms with Gasteiger partial charge in [-0.25, -0.2) is 0 Å². The van der Waals surface area contributed by atoms with Gasteiger partial charge in [0.25, 0.3) is 0 Å². The largest absolute Gasteiger partial charge is 0.494 e. The maximum atomic E-state index is 12.2. The minimum absolute atomic E-state index is 0. The maximum absolute atomic E-state index is 12.2. The first-order valence-corrected chi connectivity index (χ1v) is 8.85. The van der Waals surface area contributed by atoms with E-state index in [1.807, 2.05) is 61.5 Å². The fourth-order valence-electron chi connectivity index (χ4n) is 2.55. The Morgan fingerprint density at radius 1 is 1.08 bits per heavy atom. The Labute approximate surface area is 162 Å². The number of unbranched alkanes of at least 4 members (excludes halogenated alkanes) is 1. The van der Waals surface area contributed by atoms with E-state index in [2.05, 4.69) is 12.2 Å². The van der Waals surface area contributed by atoms with Crippen LogP contribution >= 0.6 is 12.4 Å². The van der Waals surface area contributed by atoms with Crippen molar-refractivity contribution in [2.45, 2.75) is 32.7 Å². The number of ether oxygens (including phenoxy) is 1. The number of carbonyl (C=O) groups excluding carboxylic acids is 1. The van der Waals surface area contributed by atoms with Gasteiger partial charge in [-0.05, 0) is 37.5 Å². The van der Waals surface area contributed by atoms with Crippen LogP contribution in [-0.4, -0.2) is 19.1 Å². The Morgan fingerprint density at radius 3 is 2.38 bits per heavy atom. The highest BCUT2D eigenvalue weighted by molar-refractivity contribution is 5.85. The second-order valence-electron chi connectivity index (χ2n) is 6.38. The van der Waals surface area contributed by atoms with E-state index in [4.69, 9.17) is 10.5 Å². The second kappa shape index (κ2) is 11.6. The number of amides is 1. The van der Waals surface area contributed by atoms with Crippen LogP contribution in [0.1, 0.15) is 36.9 Å². The van der Waals surface area contributed by atoms with Crippen molar-refractivity contribution in [3.63, 3.8) is 0 Å². The first kappa shape index (κ1) is 22.0. The lowest BCUT2D eigenvalue weighted by Gasteiger charge is -2.19. The average Bonchev–Trinajstić information content (AvgIpc) is 2.65. The van der Waals surface area contributed by atoms with Crippen LogP contribution in [0, 0.1) is 12.8 Å². The standard InChI is InChI=1S/C21H28N2O2.ClH/c1-16-10-12-19(13-11-16)25-15-7-6-14-23-21(24)17(2)20(22)18-8-4-3-5-9-18;/h3-5,8-13,17,20H,6-7,14-15,22H2,1-2H3,(H,23,24);1H. The molecule has 0 saturated heterocycles. The molecule has 2 atom stereocenters. The van der Waals surface area contributed by atoms with Gasteiger partial charge < -0.3 is 15.8 Å². The van der Waals surface area contributed by atoms with Gasteiger partial charge in [-0.3, -0.25) is 4.79 Å². The highest BCUT2D eigenvalue weighted by atomic mass is 35.5. The number of halogens is 1. The van der Waals surface area contributed by atoms with E-state index in [1.165, 1.54) is 5.56 Å². The van der Waals surface area contributed by atoms with Crippen LogP contribution in [0.25, 0.3) is 0 Å². The molecule has 2 aromatic carbocycles. The number of aryl methyl sites for hydroxylation is 1. The van der Waals surface area contributed by atoms with Crippen molar-refractivity contribution in [2.75, 3.05) is 13.2 Å². The van der Waals surface area contributed by atoms with E-state index in [1.54, 1.807) is 0 Å². The fraction of sp³-hybridized carbons (Fsp3) is 0.381. The van der Waals surface area contributed by atoms with Crippen molar-refractivity contribution >= 4 is 18.3 Å². The molecular weight excluding hydrogens is 348 g/mol. The SMILES string of the molecule is Cc1ccc(OCCCCNC(=O)C(C)C(N)c2ccccc2)cc1.Cl. The molecule has 0 bridgehead atoms. The molecule has 0 aliphatic rings. The normalized spacial score (nSPS) is 12.6. The van der Waals surface area contributed by atoms with Crippen LogP contribution in [0.4, 0.5) is 0 Å². The molecule has 2 unspecified atom stereocenters. The van der Waals surface area contributed by atoms with E-state index in [0.717, 1.165) is 24.2 Å². The number of rotatable bonds is 9. The molecule has 0 saturated carbocycles. The van der Waals surface area contributed by atoms with Crippen molar-refractivity contribution in [1.82, 2.24) is 5.32 Å². The number of hydrogen-bond acceptors (Lipinski definition) is 3. The van der Waals surface area contributed by atoms with Gasteiger partial charge in [-0.2, -0.15) is 0 Å². The molecule has 0 aliphatic carbocycles. The van der Waals surface area contributed by atoms with Gasteiger partial charge in [-0.15, -0.1) is 12.4 Å². The summed E-state index contributed by atoms with van der Waals surface area (Å²) in [5.41, 5.74) is 8.39. The monoisotopic (exact) mass is 376 g/mol. The predicted molar refractivity (Wildman–Crippen MR) is 109 cm³/mol. The molecule has 4 nitrogen and oxygen atoms in total. The third kappa shape index (κ3) is 7.06. The summed E-state index contributed by atoms with van der Waals surface area (Å²) in [6.07, 6.45) is 1.78. The number of carbonyl (C=O) groups is 1. The molecule has 0 aromatic heterocycles. The minimum atomic E-state index is -0.286. The summed E-state index contributed by atoms with van der Waals surface area (Å²) in [4.78, 5) is 12.2. The van der Waals surface area contributed by atoms with Gasteiger partial charge in [0.2, 0.25) is 5.91 Å². The van der Waals surface area contributed by atoms with Crippen molar-refractivity contribution in [2.24, 2.45) is 11.7 Å². The summed E-state index contributed by atoms with van der Waals surface area (Å²) < 4.78 is 5.68. The number of nitrogens with one attached hydrogen (secondary N) is 1. The topological polar surface area (TPSA) is 64.3 Å². The molecular formula is C21H29ClN2O2. The number of hydrogen-bond donors (Lipinski definition) is 2. The molecule has 0 radical (unpaired) electrons. The Balaban J connectivity index is 0.00000338. The molecule has 0 spiro atoms. The predicted octanol–water partition coefficient (Wildman–Crippen LogP) is 4.03. The molecule has 1 amide bonds. The fourth-order valence-corrected chi connectivity index (χ4v) is 2.55. The molecule has 3 N–H and O–H groups in total. The summed E-state index contributed by atoms with van der Waals surface area (Å²) in [5, 5.41) is 2.96. The smallest absolute Gasteiger partial charge is 0.224 e. The molecule has 5 heteroatoms. The Bertz CT molecular complexity index is 647. The number of benzene rings is 2. The van der Waals surface area contributed by atoms with E-state index in [9.17, 15) is 4.79 Å². The van der Waals surface area contributed by atoms with Crippen LogP contribution in [0.3, 0.4) is 0 Å². The van der Waals surface area contributed by atoms with Crippen molar-refractivity contribution in [3.8, 4) is 5.75 Å². The molecule has 0 fully saturated rings. The van der Waals surface area contributed by atoms with Gasteiger partial charge in [0.15, 0.2) is 0 Å². The maximum Gasteiger partial charge on any atom is 0.224 e. The van der Waals surface area contributed by atoms with E-state index in [0.29, 0.717) is 13.2 Å². The zero-order chi connectivity index (χ0) is 18.1. The quantitative estimate of drug-likeness (QED) is 0.649. The highest BCUT2D eigenvalue weighted by Gasteiger charge is 2.21. The van der Waals surface area contributed by atoms with Gasteiger partial charge in [0, 0.05) is 12.6 Å². The summed E-state index contributed by atoms with van der Waals surface area (Å²) in [7, 11) is 0. The van der Waals surface area contributed by atoms with Crippen LogP contribution < -0.4 is 15.8 Å². The summed E-state index contributed by atoms with van der Waals surface area (Å²) in [6.45, 7) is 5.21. The van der Waals surface area contributed by atoms with E-state index in [-0.39, 0.29) is 30.3 Å². The molecule has 2 aromatic rings. The van der Waals surface area contributed by atoms with Gasteiger partial charge >= 0.3 is 0 Å². The first-order valence-electron chi connectivity index (χ1n) is 8.85.